The average Bonchev–Trinajstić information content (AvgIpc) is 2.70. The lowest BCUT2D eigenvalue weighted by Gasteiger charge is -2.41. The van der Waals surface area contributed by atoms with Crippen molar-refractivity contribution in [2.45, 2.75) is 32.4 Å². The smallest absolute Gasteiger partial charge is 0.258 e. The van der Waals surface area contributed by atoms with Crippen LogP contribution in [0.25, 0.3) is 0 Å². The first-order chi connectivity index (χ1) is 13.0. The van der Waals surface area contributed by atoms with Crippen LogP contribution in [0.4, 0.5) is 0 Å². The number of nitrogens with zero attached hydrogens (tertiary/aromatic N) is 2. The minimum atomic E-state index is -0.187. The van der Waals surface area contributed by atoms with Crippen LogP contribution < -0.4 is 10.1 Å². The number of ether oxygens (including phenoxy) is 1. The molecule has 0 fully saturated rings. The third kappa shape index (κ3) is 4.66. The number of fused-ring (bicyclic) bond motifs is 1. The van der Waals surface area contributed by atoms with E-state index in [2.05, 4.69) is 54.4 Å². The molecule has 2 aromatic carbocycles. The molecule has 0 aliphatic carbocycles. The predicted octanol–water partition coefficient (Wildman–Crippen LogP) is 2.89. The van der Waals surface area contributed by atoms with E-state index in [0.717, 1.165) is 19.5 Å². The van der Waals surface area contributed by atoms with Crippen LogP contribution in [0.2, 0.25) is 0 Å². The highest BCUT2D eigenvalue weighted by Gasteiger charge is 2.30. The van der Waals surface area contributed by atoms with Gasteiger partial charge in [-0.2, -0.15) is 5.26 Å². The van der Waals surface area contributed by atoms with Crippen LogP contribution in [0, 0.1) is 11.3 Å². The molecule has 1 N–H and O–H groups in total. The fourth-order valence-electron chi connectivity index (χ4n) is 3.32. The molecule has 0 aromatic heterocycles. The topological polar surface area (TPSA) is 65.4 Å². The van der Waals surface area contributed by atoms with Gasteiger partial charge >= 0.3 is 0 Å². The summed E-state index contributed by atoms with van der Waals surface area (Å²) in [4.78, 5) is 14.6. The van der Waals surface area contributed by atoms with Crippen LogP contribution in [0.1, 0.15) is 30.5 Å². The summed E-state index contributed by atoms with van der Waals surface area (Å²) >= 11 is 0. The van der Waals surface area contributed by atoms with E-state index in [1.165, 1.54) is 11.1 Å². The Hall–Kier alpha value is -2.84. The van der Waals surface area contributed by atoms with E-state index in [0.29, 0.717) is 17.9 Å². The van der Waals surface area contributed by atoms with Crippen LogP contribution in [-0.2, 0) is 17.8 Å². The summed E-state index contributed by atoms with van der Waals surface area (Å²) in [5, 5.41) is 12.0. The Bertz CT molecular complexity index is 855. The van der Waals surface area contributed by atoms with Crippen LogP contribution >= 0.6 is 0 Å². The maximum absolute atomic E-state index is 12.2. The van der Waals surface area contributed by atoms with Crippen molar-refractivity contribution in [3.8, 4) is 11.8 Å². The fourth-order valence-corrected chi connectivity index (χ4v) is 3.32. The normalized spacial score (nSPS) is 14.1. The van der Waals surface area contributed by atoms with Gasteiger partial charge in [0.1, 0.15) is 11.8 Å². The van der Waals surface area contributed by atoms with E-state index in [9.17, 15) is 4.79 Å². The van der Waals surface area contributed by atoms with E-state index in [1.54, 1.807) is 24.3 Å². The third-order valence-electron chi connectivity index (χ3n) is 5.07. The fraction of sp³-hybridized carbons (Fsp3) is 0.364. The van der Waals surface area contributed by atoms with Crippen LogP contribution in [0.3, 0.4) is 0 Å². The molecule has 2 aromatic rings. The molecule has 0 unspecified atom stereocenters. The molecular formula is C22H25N3O2. The molecule has 0 bridgehead atoms. The second kappa shape index (κ2) is 8.24. The number of nitrogens with one attached hydrogen (secondary N) is 1. The summed E-state index contributed by atoms with van der Waals surface area (Å²) in [7, 11) is 0. The van der Waals surface area contributed by atoms with Crippen molar-refractivity contribution < 1.29 is 9.53 Å². The first-order valence-electron chi connectivity index (χ1n) is 9.20. The predicted molar refractivity (Wildman–Crippen MR) is 104 cm³/mol. The van der Waals surface area contributed by atoms with Crippen molar-refractivity contribution in [2.75, 3.05) is 19.7 Å². The number of hydrogen-bond acceptors (Lipinski definition) is 4. The molecule has 1 aliphatic heterocycles. The number of benzene rings is 2. The number of carbonyl (C=O) groups excluding carboxylic acids is 1. The van der Waals surface area contributed by atoms with Gasteiger partial charge in [0.25, 0.3) is 5.91 Å². The van der Waals surface area contributed by atoms with E-state index in [-0.39, 0.29) is 18.1 Å². The lowest BCUT2D eigenvalue weighted by Crippen LogP contribution is -2.53. The van der Waals surface area contributed by atoms with E-state index >= 15 is 0 Å². The van der Waals surface area contributed by atoms with E-state index < -0.39 is 0 Å². The Morgan fingerprint density at radius 3 is 2.67 bits per heavy atom. The van der Waals surface area contributed by atoms with Gasteiger partial charge in [0, 0.05) is 25.2 Å². The summed E-state index contributed by atoms with van der Waals surface area (Å²) in [5.74, 6) is 0.246. The highest BCUT2D eigenvalue weighted by Crippen LogP contribution is 2.25. The van der Waals surface area contributed by atoms with Gasteiger partial charge in [-0.05, 0) is 43.5 Å². The van der Waals surface area contributed by atoms with Crippen molar-refractivity contribution in [2.24, 2.45) is 0 Å². The number of hydrogen-bond donors (Lipinski definition) is 1. The summed E-state index contributed by atoms with van der Waals surface area (Å²) in [6.45, 7) is 6.60. The molecule has 140 valence electrons. The number of rotatable bonds is 6. The van der Waals surface area contributed by atoms with Crippen molar-refractivity contribution in [3.63, 3.8) is 0 Å². The molecule has 0 atom stereocenters. The lowest BCUT2D eigenvalue weighted by molar-refractivity contribution is -0.123. The zero-order valence-corrected chi connectivity index (χ0v) is 15.9. The number of carbonyl (C=O) groups is 1. The third-order valence-corrected chi connectivity index (χ3v) is 5.07. The molecule has 1 heterocycles. The summed E-state index contributed by atoms with van der Waals surface area (Å²) in [6.07, 6.45) is 1.03. The highest BCUT2D eigenvalue weighted by molar-refractivity contribution is 5.77. The van der Waals surface area contributed by atoms with Crippen LogP contribution in [0.5, 0.6) is 5.75 Å². The van der Waals surface area contributed by atoms with Gasteiger partial charge in [0.05, 0.1) is 5.56 Å². The minimum absolute atomic E-state index is 0.0996. The number of para-hydroxylation sites is 1. The Morgan fingerprint density at radius 1 is 1.19 bits per heavy atom. The summed E-state index contributed by atoms with van der Waals surface area (Å²) in [5.41, 5.74) is 3.05. The maximum Gasteiger partial charge on any atom is 0.258 e. The molecule has 0 saturated heterocycles. The zero-order valence-electron chi connectivity index (χ0n) is 15.9. The molecule has 3 rings (SSSR count). The van der Waals surface area contributed by atoms with Gasteiger partial charge in [-0.15, -0.1) is 0 Å². The van der Waals surface area contributed by atoms with Crippen LogP contribution in [-0.4, -0.2) is 36.0 Å². The van der Waals surface area contributed by atoms with Crippen molar-refractivity contribution >= 4 is 5.91 Å². The molecule has 0 radical (unpaired) electrons. The molecule has 1 amide bonds. The summed E-state index contributed by atoms with van der Waals surface area (Å²) < 4.78 is 5.50. The Balaban J connectivity index is 1.51. The lowest BCUT2D eigenvalue weighted by atomic mass is 9.94. The van der Waals surface area contributed by atoms with Gasteiger partial charge in [0.2, 0.25) is 0 Å². The monoisotopic (exact) mass is 363 g/mol. The van der Waals surface area contributed by atoms with Gasteiger partial charge < -0.3 is 10.1 Å². The SMILES string of the molecule is CC(C)(CNC(=O)COc1ccccc1C#N)N1CCc2ccccc2C1. The van der Waals surface area contributed by atoms with Crippen LogP contribution in [0.15, 0.2) is 48.5 Å². The van der Waals surface area contributed by atoms with Gasteiger partial charge in [0.15, 0.2) is 6.61 Å². The van der Waals surface area contributed by atoms with Gasteiger partial charge in [-0.3, -0.25) is 9.69 Å². The first kappa shape index (κ1) is 18.9. The van der Waals surface area contributed by atoms with Crippen molar-refractivity contribution in [1.82, 2.24) is 10.2 Å². The maximum atomic E-state index is 12.2. The van der Waals surface area contributed by atoms with Gasteiger partial charge in [-0.1, -0.05) is 36.4 Å². The molecule has 5 heteroatoms. The minimum Gasteiger partial charge on any atom is -0.482 e. The van der Waals surface area contributed by atoms with E-state index in [1.807, 2.05) is 0 Å². The standard InChI is InChI=1S/C22H25N3O2/c1-22(2,25-12-11-17-7-3-4-9-19(17)14-25)16-24-21(26)15-27-20-10-6-5-8-18(20)13-23/h3-10H,11-12,14-16H2,1-2H3,(H,24,26). The molecule has 27 heavy (non-hydrogen) atoms. The Kier molecular flexibility index (Phi) is 5.78. The summed E-state index contributed by atoms with van der Waals surface area (Å²) in [6, 6.07) is 17.5. The molecule has 0 spiro atoms. The molecular weight excluding hydrogens is 338 g/mol. The van der Waals surface area contributed by atoms with Crippen molar-refractivity contribution in [3.05, 3.63) is 65.2 Å². The second-order valence-corrected chi connectivity index (χ2v) is 7.43. The second-order valence-electron chi connectivity index (χ2n) is 7.43. The largest absolute Gasteiger partial charge is 0.482 e. The zero-order chi connectivity index (χ0) is 19.3. The number of amides is 1. The molecule has 0 saturated carbocycles. The van der Waals surface area contributed by atoms with Crippen molar-refractivity contribution in [1.29, 1.82) is 5.26 Å². The molecule has 1 aliphatic rings. The molecule has 5 nitrogen and oxygen atoms in total. The first-order valence-corrected chi connectivity index (χ1v) is 9.20. The highest BCUT2D eigenvalue weighted by atomic mass is 16.5. The Labute approximate surface area is 160 Å². The van der Waals surface area contributed by atoms with Gasteiger partial charge in [-0.25, -0.2) is 0 Å². The van der Waals surface area contributed by atoms with E-state index in [4.69, 9.17) is 10.00 Å². The number of nitriles is 1. The average molecular weight is 363 g/mol. The Morgan fingerprint density at radius 2 is 1.89 bits per heavy atom. The quantitative estimate of drug-likeness (QED) is 0.857.